The normalized spacial score (nSPS) is 17.1. The number of ether oxygens (including phenoxy) is 1. The summed E-state index contributed by atoms with van der Waals surface area (Å²) < 4.78 is 33.6. The van der Waals surface area contributed by atoms with E-state index >= 15 is 0 Å². The van der Waals surface area contributed by atoms with E-state index in [1.807, 2.05) is 24.3 Å². The van der Waals surface area contributed by atoms with Gasteiger partial charge in [0.15, 0.2) is 0 Å². The van der Waals surface area contributed by atoms with Gasteiger partial charge in [-0.1, -0.05) is 18.2 Å². The minimum Gasteiger partial charge on any atom is -0.495 e. The van der Waals surface area contributed by atoms with Gasteiger partial charge in [-0.25, -0.2) is 8.42 Å². The number of hydrogen-bond donors (Lipinski definition) is 0. The van der Waals surface area contributed by atoms with Crippen LogP contribution in [0.15, 0.2) is 47.4 Å². The molecule has 0 saturated carbocycles. The zero-order valence-electron chi connectivity index (χ0n) is 15.2. The quantitative estimate of drug-likeness (QED) is 0.810. The van der Waals surface area contributed by atoms with Crippen molar-refractivity contribution in [2.75, 3.05) is 29.4 Å². The van der Waals surface area contributed by atoms with Crippen LogP contribution in [0.3, 0.4) is 0 Å². The average molecular weight is 386 g/mol. The molecule has 27 heavy (non-hydrogen) atoms. The summed E-state index contributed by atoms with van der Waals surface area (Å²) in [5, 5.41) is 0. The lowest BCUT2D eigenvalue weighted by atomic mass is 10.0. The number of nitrogens with zero attached hydrogens (tertiary/aromatic N) is 2. The highest BCUT2D eigenvalue weighted by molar-refractivity contribution is 7.92. The first-order chi connectivity index (χ1) is 13.0. The molecule has 0 aromatic heterocycles. The summed E-state index contributed by atoms with van der Waals surface area (Å²) in [6, 6.07) is 12.3. The summed E-state index contributed by atoms with van der Waals surface area (Å²) in [4.78, 5) is 14.0. The summed E-state index contributed by atoms with van der Waals surface area (Å²) in [5.41, 5.74) is 2.29. The van der Waals surface area contributed by atoms with Gasteiger partial charge in [-0.2, -0.15) is 0 Å². The number of sulfonamides is 1. The van der Waals surface area contributed by atoms with Crippen molar-refractivity contribution in [1.29, 1.82) is 0 Å². The van der Waals surface area contributed by atoms with E-state index in [4.69, 9.17) is 4.74 Å². The van der Waals surface area contributed by atoms with E-state index in [2.05, 4.69) is 0 Å². The van der Waals surface area contributed by atoms with E-state index in [0.717, 1.165) is 30.5 Å². The van der Waals surface area contributed by atoms with Gasteiger partial charge in [-0.3, -0.25) is 9.10 Å². The van der Waals surface area contributed by atoms with Crippen molar-refractivity contribution in [3.05, 3.63) is 48.0 Å². The fourth-order valence-electron chi connectivity index (χ4n) is 3.82. The molecular formula is C20H22N2O4S. The summed E-state index contributed by atoms with van der Waals surface area (Å²) in [6.45, 7) is 1.02. The van der Waals surface area contributed by atoms with Gasteiger partial charge in [0, 0.05) is 19.5 Å². The molecule has 2 aliphatic rings. The number of para-hydroxylation sites is 1. The van der Waals surface area contributed by atoms with Crippen LogP contribution in [0.2, 0.25) is 0 Å². The molecule has 0 radical (unpaired) electrons. The van der Waals surface area contributed by atoms with Gasteiger partial charge in [-0.15, -0.1) is 0 Å². The SMILES string of the molecule is COc1ccc(S(=O)(=O)N2CCCc3ccccc32)cc1N1CCCC1=O. The molecule has 1 amide bonds. The Morgan fingerprint density at radius 1 is 0.963 bits per heavy atom. The van der Waals surface area contributed by atoms with Crippen LogP contribution in [0.4, 0.5) is 11.4 Å². The molecule has 2 aliphatic heterocycles. The molecule has 0 unspecified atom stereocenters. The van der Waals surface area contributed by atoms with Crippen molar-refractivity contribution in [1.82, 2.24) is 0 Å². The van der Waals surface area contributed by atoms with Crippen LogP contribution in [0, 0.1) is 0 Å². The van der Waals surface area contributed by atoms with Gasteiger partial charge in [0.05, 0.1) is 23.4 Å². The van der Waals surface area contributed by atoms with Crippen LogP contribution < -0.4 is 13.9 Å². The van der Waals surface area contributed by atoms with Crippen molar-refractivity contribution in [3.8, 4) is 5.75 Å². The summed E-state index contributed by atoms with van der Waals surface area (Å²) in [5.74, 6) is 0.495. The molecule has 0 aliphatic carbocycles. The summed E-state index contributed by atoms with van der Waals surface area (Å²) in [7, 11) is -2.21. The topological polar surface area (TPSA) is 66.9 Å². The lowest BCUT2D eigenvalue weighted by Crippen LogP contribution is -2.35. The van der Waals surface area contributed by atoms with Crippen molar-refractivity contribution >= 4 is 27.3 Å². The number of methoxy groups -OCH3 is 1. The molecule has 1 saturated heterocycles. The highest BCUT2D eigenvalue weighted by Crippen LogP contribution is 2.37. The number of aryl methyl sites for hydroxylation is 1. The van der Waals surface area contributed by atoms with Crippen molar-refractivity contribution < 1.29 is 17.9 Å². The van der Waals surface area contributed by atoms with Crippen LogP contribution in [0.5, 0.6) is 5.75 Å². The van der Waals surface area contributed by atoms with Gasteiger partial charge >= 0.3 is 0 Å². The van der Waals surface area contributed by atoms with Crippen molar-refractivity contribution in [3.63, 3.8) is 0 Å². The third-order valence-corrected chi connectivity index (χ3v) is 6.98. The van der Waals surface area contributed by atoms with Crippen LogP contribution in [-0.2, 0) is 21.2 Å². The molecule has 142 valence electrons. The van der Waals surface area contributed by atoms with E-state index in [1.165, 1.54) is 11.4 Å². The molecule has 0 N–H and O–H groups in total. The van der Waals surface area contributed by atoms with E-state index in [-0.39, 0.29) is 10.8 Å². The standard InChI is InChI=1S/C20H22N2O4S/c1-26-19-11-10-16(14-18(19)21-12-5-9-20(21)23)27(24,25)22-13-4-7-15-6-2-3-8-17(15)22/h2-3,6,8,10-11,14H,4-5,7,9,12-13H2,1H3. The van der Waals surface area contributed by atoms with Gasteiger partial charge in [0.1, 0.15) is 5.75 Å². The average Bonchev–Trinajstić information content (AvgIpc) is 3.12. The predicted molar refractivity (Wildman–Crippen MR) is 104 cm³/mol. The van der Waals surface area contributed by atoms with E-state index in [0.29, 0.717) is 30.9 Å². The first-order valence-corrected chi connectivity index (χ1v) is 10.6. The van der Waals surface area contributed by atoms with Crippen LogP contribution in [-0.4, -0.2) is 34.5 Å². The number of benzene rings is 2. The van der Waals surface area contributed by atoms with Crippen LogP contribution in [0.1, 0.15) is 24.8 Å². The lowest BCUT2D eigenvalue weighted by molar-refractivity contribution is -0.117. The monoisotopic (exact) mass is 386 g/mol. The zero-order chi connectivity index (χ0) is 19.0. The smallest absolute Gasteiger partial charge is 0.264 e. The Labute approximate surface area is 159 Å². The van der Waals surface area contributed by atoms with Crippen molar-refractivity contribution in [2.45, 2.75) is 30.6 Å². The third-order valence-electron chi connectivity index (χ3n) is 5.17. The number of carbonyl (C=O) groups is 1. The second-order valence-corrected chi connectivity index (χ2v) is 8.65. The Kier molecular flexibility index (Phi) is 4.55. The van der Waals surface area contributed by atoms with Gasteiger partial charge < -0.3 is 9.64 Å². The Hall–Kier alpha value is -2.54. The van der Waals surface area contributed by atoms with Gasteiger partial charge in [0.2, 0.25) is 5.91 Å². The molecular weight excluding hydrogens is 364 g/mol. The maximum absolute atomic E-state index is 13.4. The molecule has 4 rings (SSSR count). The number of anilines is 2. The molecule has 2 aromatic carbocycles. The minimum atomic E-state index is -3.73. The van der Waals surface area contributed by atoms with Crippen LogP contribution >= 0.6 is 0 Å². The number of rotatable bonds is 4. The molecule has 1 fully saturated rings. The van der Waals surface area contributed by atoms with Crippen LogP contribution in [0.25, 0.3) is 0 Å². The maximum Gasteiger partial charge on any atom is 0.264 e. The predicted octanol–water partition coefficient (Wildman–Crippen LogP) is 2.96. The Morgan fingerprint density at radius 3 is 2.48 bits per heavy atom. The number of fused-ring (bicyclic) bond motifs is 1. The van der Waals surface area contributed by atoms with Gasteiger partial charge in [-0.05, 0) is 49.1 Å². The molecule has 6 nitrogen and oxygen atoms in total. The number of amides is 1. The maximum atomic E-state index is 13.4. The highest BCUT2D eigenvalue weighted by atomic mass is 32.2. The lowest BCUT2D eigenvalue weighted by Gasteiger charge is -2.31. The zero-order valence-corrected chi connectivity index (χ0v) is 16.0. The Bertz CT molecular complexity index is 987. The summed E-state index contributed by atoms with van der Waals surface area (Å²) in [6.07, 6.45) is 2.89. The first kappa shape index (κ1) is 17.9. The summed E-state index contributed by atoms with van der Waals surface area (Å²) >= 11 is 0. The van der Waals surface area contributed by atoms with E-state index in [9.17, 15) is 13.2 Å². The molecule has 0 spiro atoms. The molecule has 2 heterocycles. The van der Waals surface area contributed by atoms with E-state index in [1.54, 1.807) is 23.1 Å². The van der Waals surface area contributed by atoms with Crippen molar-refractivity contribution in [2.24, 2.45) is 0 Å². The largest absolute Gasteiger partial charge is 0.495 e. The third kappa shape index (κ3) is 3.06. The fourth-order valence-corrected chi connectivity index (χ4v) is 5.38. The number of hydrogen-bond acceptors (Lipinski definition) is 4. The highest BCUT2D eigenvalue weighted by Gasteiger charge is 2.31. The molecule has 7 heteroatoms. The molecule has 0 bridgehead atoms. The number of carbonyl (C=O) groups excluding carboxylic acids is 1. The second kappa shape index (κ2) is 6.88. The second-order valence-electron chi connectivity index (χ2n) is 6.79. The Morgan fingerprint density at radius 2 is 1.74 bits per heavy atom. The Balaban J connectivity index is 1.78. The molecule has 2 aromatic rings. The van der Waals surface area contributed by atoms with E-state index < -0.39 is 10.0 Å². The fraction of sp³-hybridized carbons (Fsp3) is 0.350. The first-order valence-electron chi connectivity index (χ1n) is 9.11. The van der Waals surface area contributed by atoms with Gasteiger partial charge in [0.25, 0.3) is 10.0 Å². The minimum absolute atomic E-state index is 0.00818. The molecule has 0 atom stereocenters.